The second-order valence-electron chi connectivity index (χ2n) is 8.30. The Morgan fingerprint density at radius 2 is 1.81 bits per heavy atom. The minimum absolute atomic E-state index is 0.161. The van der Waals surface area contributed by atoms with Crippen molar-refractivity contribution < 1.29 is 4.79 Å². The predicted molar refractivity (Wildman–Crippen MR) is 141 cm³/mol. The van der Waals surface area contributed by atoms with E-state index in [-0.39, 0.29) is 17.9 Å². The fourth-order valence-electron chi connectivity index (χ4n) is 4.10. The summed E-state index contributed by atoms with van der Waals surface area (Å²) in [5.74, 6) is 0.664. The molecule has 0 unspecified atom stereocenters. The highest BCUT2D eigenvalue weighted by atomic mass is 32.2. The molecule has 0 aliphatic carbocycles. The number of hydrogen-bond acceptors (Lipinski definition) is 6. The van der Waals surface area contributed by atoms with Gasteiger partial charge < -0.3 is 5.32 Å². The quantitative estimate of drug-likeness (QED) is 0.345. The number of thioether (sulfide) groups is 1. The molecule has 0 spiro atoms. The van der Waals surface area contributed by atoms with Gasteiger partial charge in [-0.25, -0.2) is 4.57 Å². The van der Waals surface area contributed by atoms with Crippen molar-refractivity contribution in [1.82, 2.24) is 19.2 Å². The second-order valence-corrected chi connectivity index (χ2v) is 9.36. The molecule has 0 aliphatic heterocycles. The molecule has 0 atom stereocenters. The highest BCUT2D eigenvalue weighted by Crippen LogP contribution is 2.25. The maximum atomic E-state index is 13.5. The summed E-state index contributed by atoms with van der Waals surface area (Å²) in [7, 11) is 0. The topological polar surface area (TPSA) is 105 Å². The number of carbonyl (C=O) groups excluding carboxylic acids is 1. The summed E-state index contributed by atoms with van der Waals surface area (Å²) < 4.78 is 3.47. The summed E-state index contributed by atoms with van der Waals surface area (Å²) in [5.41, 5.74) is 4.27. The number of para-hydroxylation sites is 2. The number of hydrogen-bond donors (Lipinski definition) is 1. The Balaban J connectivity index is 1.49. The van der Waals surface area contributed by atoms with Crippen LogP contribution in [0.15, 0.2) is 76.7 Å². The van der Waals surface area contributed by atoms with Crippen LogP contribution >= 0.6 is 11.8 Å². The summed E-state index contributed by atoms with van der Waals surface area (Å²) >= 11 is 1.39. The molecule has 0 saturated carbocycles. The van der Waals surface area contributed by atoms with E-state index in [0.29, 0.717) is 38.8 Å². The minimum Gasteiger partial charge on any atom is -0.325 e. The Morgan fingerprint density at radius 3 is 2.64 bits per heavy atom. The molecule has 0 radical (unpaired) electrons. The zero-order valence-electron chi connectivity index (χ0n) is 19.7. The first-order valence-corrected chi connectivity index (χ1v) is 12.4. The molecule has 1 N–H and O–H groups in total. The first kappa shape index (κ1) is 23.3. The number of benzene rings is 3. The monoisotopic (exact) mass is 494 g/mol. The summed E-state index contributed by atoms with van der Waals surface area (Å²) in [6, 6.07) is 22.2. The van der Waals surface area contributed by atoms with Gasteiger partial charge in [-0.1, -0.05) is 48.2 Å². The number of anilines is 1. The maximum absolute atomic E-state index is 13.5. The van der Waals surface area contributed by atoms with Crippen LogP contribution in [0.2, 0.25) is 0 Å². The zero-order valence-corrected chi connectivity index (χ0v) is 20.5. The third-order valence-corrected chi connectivity index (χ3v) is 7.02. The van der Waals surface area contributed by atoms with Crippen LogP contribution in [0.4, 0.5) is 5.69 Å². The lowest BCUT2D eigenvalue weighted by atomic mass is 10.1. The second kappa shape index (κ2) is 9.68. The van der Waals surface area contributed by atoms with Crippen LogP contribution in [0, 0.1) is 25.2 Å². The normalized spacial score (nSPS) is 11.0. The van der Waals surface area contributed by atoms with E-state index >= 15 is 0 Å². The molecular formula is C27H22N6O2S. The van der Waals surface area contributed by atoms with Crippen molar-refractivity contribution in [2.75, 3.05) is 11.1 Å². The first-order valence-electron chi connectivity index (χ1n) is 11.4. The van der Waals surface area contributed by atoms with Gasteiger partial charge in [0.15, 0.2) is 5.16 Å². The lowest BCUT2D eigenvalue weighted by Gasteiger charge is -2.14. The molecule has 0 bridgehead atoms. The Bertz CT molecular complexity index is 1730. The van der Waals surface area contributed by atoms with Crippen LogP contribution in [-0.2, 0) is 4.79 Å². The maximum Gasteiger partial charge on any atom is 0.267 e. The average Bonchev–Trinajstić information content (AvgIpc) is 3.30. The summed E-state index contributed by atoms with van der Waals surface area (Å²) in [6.45, 7) is 3.99. The molecule has 0 fully saturated rings. The van der Waals surface area contributed by atoms with Crippen LogP contribution < -0.4 is 10.9 Å². The number of aryl methyl sites for hydroxylation is 1. The molecule has 36 heavy (non-hydrogen) atoms. The van der Waals surface area contributed by atoms with Crippen LogP contribution in [0.3, 0.4) is 0 Å². The lowest BCUT2D eigenvalue weighted by molar-refractivity contribution is -0.115. The number of rotatable bonds is 6. The van der Waals surface area contributed by atoms with Crippen molar-refractivity contribution in [3.8, 4) is 11.8 Å². The Labute approximate surface area is 211 Å². The number of nitrogens with zero attached hydrogens (tertiary/aromatic N) is 5. The molecule has 9 heteroatoms. The van der Waals surface area contributed by atoms with Gasteiger partial charge >= 0.3 is 0 Å². The number of amides is 1. The van der Waals surface area contributed by atoms with Gasteiger partial charge in [0.2, 0.25) is 11.7 Å². The van der Waals surface area contributed by atoms with Gasteiger partial charge in [-0.2, -0.15) is 5.26 Å². The number of fused-ring (bicyclic) bond motifs is 3. The molecule has 178 valence electrons. The Hall–Kier alpha value is -4.42. The molecule has 0 aliphatic rings. The van der Waals surface area contributed by atoms with Crippen molar-refractivity contribution in [2.24, 2.45) is 0 Å². The van der Waals surface area contributed by atoms with E-state index in [2.05, 4.69) is 21.6 Å². The van der Waals surface area contributed by atoms with E-state index in [4.69, 9.17) is 0 Å². The molecule has 1 amide bonds. The third-order valence-electron chi connectivity index (χ3n) is 6.09. The summed E-state index contributed by atoms with van der Waals surface area (Å²) in [6.07, 6.45) is 0.216. The van der Waals surface area contributed by atoms with Gasteiger partial charge in [-0.3, -0.25) is 14.0 Å². The summed E-state index contributed by atoms with van der Waals surface area (Å²) in [5, 5.41) is 21.9. The average molecular weight is 495 g/mol. The van der Waals surface area contributed by atoms with E-state index in [1.54, 1.807) is 34.9 Å². The van der Waals surface area contributed by atoms with Crippen molar-refractivity contribution in [3.63, 3.8) is 0 Å². The standard InChI is InChI=1S/C27H22N6O2S/c1-17-8-7-13-22(18(17)2)32-25(35)20-10-4-6-12-23(20)33-26(32)30-31-27(33)36-15-14-24(34)29-21-11-5-3-9-19(21)16-28/h3-13H,14-15H2,1-2H3,(H,29,34). The van der Waals surface area contributed by atoms with Crippen molar-refractivity contribution in [3.05, 3.63) is 93.8 Å². The van der Waals surface area contributed by atoms with Crippen LogP contribution in [0.25, 0.3) is 22.4 Å². The van der Waals surface area contributed by atoms with E-state index in [1.807, 2.05) is 54.6 Å². The zero-order chi connectivity index (χ0) is 25.2. The van der Waals surface area contributed by atoms with Crippen molar-refractivity contribution in [1.29, 1.82) is 5.26 Å². The SMILES string of the molecule is Cc1cccc(-n2c(=O)c3ccccc3n3c(SCCC(=O)Nc4ccccc4C#N)nnc23)c1C. The van der Waals surface area contributed by atoms with Crippen LogP contribution in [0.5, 0.6) is 0 Å². The highest BCUT2D eigenvalue weighted by molar-refractivity contribution is 7.99. The highest BCUT2D eigenvalue weighted by Gasteiger charge is 2.19. The number of nitriles is 1. The summed E-state index contributed by atoms with van der Waals surface area (Å²) in [4.78, 5) is 26.1. The molecule has 3 aromatic carbocycles. The minimum atomic E-state index is -0.198. The predicted octanol–water partition coefficient (Wildman–Crippen LogP) is 4.64. The molecule has 2 aromatic heterocycles. The fraction of sp³-hybridized carbons (Fsp3) is 0.148. The van der Waals surface area contributed by atoms with Gasteiger partial charge in [-0.15, -0.1) is 10.2 Å². The number of nitrogens with one attached hydrogen (secondary N) is 1. The smallest absolute Gasteiger partial charge is 0.267 e. The van der Waals surface area contributed by atoms with Crippen molar-refractivity contribution >= 4 is 40.0 Å². The van der Waals surface area contributed by atoms with Crippen molar-refractivity contribution in [2.45, 2.75) is 25.4 Å². The van der Waals surface area contributed by atoms with Gasteiger partial charge in [-0.05, 0) is 55.3 Å². The van der Waals surface area contributed by atoms with Gasteiger partial charge in [0.1, 0.15) is 6.07 Å². The van der Waals surface area contributed by atoms with Gasteiger partial charge in [0, 0.05) is 12.2 Å². The van der Waals surface area contributed by atoms with E-state index in [9.17, 15) is 14.9 Å². The number of aromatic nitrogens is 4. The fourth-order valence-corrected chi connectivity index (χ4v) is 4.98. The Morgan fingerprint density at radius 1 is 1.03 bits per heavy atom. The van der Waals surface area contributed by atoms with Gasteiger partial charge in [0.25, 0.3) is 5.56 Å². The molecular weight excluding hydrogens is 472 g/mol. The van der Waals surface area contributed by atoms with Crippen LogP contribution in [0.1, 0.15) is 23.1 Å². The third kappa shape index (κ3) is 4.12. The Kier molecular flexibility index (Phi) is 6.27. The molecule has 5 aromatic rings. The van der Waals surface area contributed by atoms with E-state index in [0.717, 1.165) is 16.8 Å². The molecule has 8 nitrogen and oxygen atoms in total. The first-order chi connectivity index (χ1) is 17.5. The van der Waals surface area contributed by atoms with E-state index in [1.165, 1.54) is 11.8 Å². The van der Waals surface area contributed by atoms with Crippen LogP contribution in [-0.4, -0.2) is 30.8 Å². The molecule has 5 rings (SSSR count). The molecule has 0 saturated heterocycles. The molecule has 2 heterocycles. The van der Waals surface area contributed by atoms with E-state index < -0.39 is 0 Å². The van der Waals surface area contributed by atoms with Gasteiger partial charge in [0.05, 0.1) is 27.8 Å². The number of carbonyl (C=O) groups is 1. The largest absolute Gasteiger partial charge is 0.325 e. The lowest BCUT2D eigenvalue weighted by Crippen LogP contribution is -2.22.